The van der Waals surface area contributed by atoms with Gasteiger partial charge in [-0.25, -0.2) is 0 Å². The third-order valence-corrected chi connectivity index (χ3v) is 4.79. The topological polar surface area (TPSA) is 33.2 Å². The largest absolute Gasteiger partial charge is 0.299 e. The molecule has 2 heterocycles. The number of hydrogen-bond acceptors (Lipinski definition) is 2. The molecule has 4 rings (SSSR count). The van der Waals surface area contributed by atoms with E-state index in [2.05, 4.69) is 11.9 Å². The fourth-order valence-electron chi connectivity index (χ4n) is 3.52. The zero-order valence-electron chi connectivity index (χ0n) is 11.8. The Labute approximate surface area is 128 Å². The van der Waals surface area contributed by atoms with E-state index >= 15 is 0 Å². The summed E-state index contributed by atoms with van der Waals surface area (Å²) in [5.74, 6) is 0.0521. The van der Waals surface area contributed by atoms with Gasteiger partial charge in [0.2, 0.25) is 0 Å². The van der Waals surface area contributed by atoms with Gasteiger partial charge in [0.1, 0.15) is 0 Å². The van der Waals surface area contributed by atoms with Gasteiger partial charge in [0.15, 0.2) is 0 Å². The van der Waals surface area contributed by atoms with Gasteiger partial charge in [0.05, 0.1) is 17.9 Å². The Hall–Kier alpha value is -1.87. The summed E-state index contributed by atoms with van der Waals surface area (Å²) in [5, 5.41) is 0.673. The fourth-order valence-corrected chi connectivity index (χ4v) is 3.70. The molecule has 0 spiro atoms. The Kier molecular flexibility index (Phi) is 2.79. The van der Waals surface area contributed by atoms with E-state index in [4.69, 9.17) is 11.6 Å². The average Bonchev–Trinajstić information content (AvgIpc) is 3.04. The van der Waals surface area contributed by atoms with E-state index in [1.165, 1.54) is 11.1 Å². The Morgan fingerprint density at radius 3 is 3.00 bits per heavy atom. The monoisotopic (exact) mass is 298 g/mol. The number of rotatable bonds is 1. The van der Waals surface area contributed by atoms with Crippen LogP contribution < -0.4 is 4.90 Å². The highest BCUT2D eigenvalue weighted by Gasteiger charge is 2.36. The SMILES string of the molecule is CC1c2cc(Cl)ccc2C(=O)N1c1cncc2c1CCC2. The first kappa shape index (κ1) is 12.8. The molecule has 3 nitrogen and oxygen atoms in total. The average molecular weight is 299 g/mol. The Morgan fingerprint density at radius 2 is 2.14 bits per heavy atom. The first-order chi connectivity index (χ1) is 10.2. The van der Waals surface area contributed by atoms with Crippen molar-refractivity contribution in [1.29, 1.82) is 0 Å². The van der Waals surface area contributed by atoms with E-state index in [0.717, 1.165) is 36.1 Å². The molecule has 2 aliphatic rings. The van der Waals surface area contributed by atoms with Crippen LogP contribution in [0.3, 0.4) is 0 Å². The maximum atomic E-state index is 12.8. The molecule has 1 aliphatic heterocycles. The van der Waals surface area contributed by atoms with Gasteiger partial charge in [0.25, 0.3) is 5.91 Å². The molecule has 4 heteroatoms. The second-order valence-electron chi connectivity index (χ2n) is 5.73. The lowest BCUT2D eigenvalue weighted by Crippen LogP contribution is -2.27. The molecule has 0 bridgehead atoms. The van der Waals surface area contributed by atoms with Crippen LogP contribution in [0.4, 0.5) is 5.69 Å². The van der Waals surface area contributed by atoms with Crippen molar-refractivity contribution < 1.29 is 4.79 Å². The van der Waals surface area contributed by atoms with Crippen molar-refractivity contribution in [3.05, 3.63) is 57.9 Å². The number of carbonyl (C=O) groups excluding carboxylic acids is 1. The molecule has 1 unspecified atom stereocenters. The minimum atomic E-state index is 0.0000926. The van der Waals surface area contributed by atoms with Crippen molar-refractivity contribution in [2.45, 2.75) is 32.2 Å². The van der Waals surface area contributed by atoms with Crippen molar-refractivity contribution in [3.63, 3.8) is 0 Å². The van der Waals surface area contributed by atoms with Crippen molar-refractivity contribution in [3.8, 4) is 0 Å². The van der Waals surface area contributed by atoms with Crippen LogP contribution >= 0.6 is 11.6 Å². The van der Waals surface area contributed by atoms with Crippen LogP contribution in [-0.4, -0.2) is 10.9 Å². The van der Waals surface area contributed by atoms with Crippen LogP contribution in [0, 0.1) is 0 Å². The number of hydrogen-bond donors (Lipinski definition) is 0. The summed E-state index contributed by atoms with van der Waals surface area (Å²) in [5.41, 5.74) is 5.28. The molecule has 21 heavy (non-hydrogen) atoms. The zero-order chi connectivity index (χ0) is 14.6. The lowest BCUT2D eigenvalue weighted by molar-refractivity contribution is 0.0992. The molecule has 106 valence electrons. The maximum absolute atomic E-state index is 12.8. The van der Waals surface area contributed by atoms with Gasteiger partial charge in [-0.3, -0.25) is 14.7 Å². The normalized spacial score (nSPS) is 19.8. The summed E-state index contributed by atoms with van der Waals surface area (Å²) in [7, 11) is 0. The number of aryl methyl sites for hydroxylation is 1. The number of pyridine rings is 1. The first-order valence-electron chi connectivity index (χ1n) is 7.25. The van der Waals surface area contributed by atoms with Gasteiger partial charge >= 0.3 is 0 Å². The number of fused-ring (bicyclic) bond motifs is 2. The van der Waals surface area contributed by atoms with E-state index in [1.54, 1.807) is 6.07 Å². The highest BCUT2D eigenvalue weighted by Crippen LogP contribution is 2.41. The summed E-state index contributed by atoms with van der Waals surface area (Å²) >= 11 is 6.08. The molecule has 0 saturated heterocycles. The van der Waals surface area contributed by atoms with E-state index in [1.807, 2.05) is 29.4 Å². The van der Waals surface area contributed by atoms with Gasteiger partial charge in [-0.1, -0.05) is 11.6 Å². The van der Waals surface area contributed by atoms with Crippen LogP contribution in [0.1, 0.15) is 46.4 Å². The van der Waals surface area contributed by atoms with E-state index in [0.29, 0.717) is 5.02 Å². The molecule has 1 aliphatic carbocycles. The number of anilines is 1. The molecular weight excluding hydrogens is 284 g/mol. The van der Waals surface area contributed by atoms with E-state index in [-0.39, 0.29) is 11.9 Å². The summed E-state index contributed by atoms with van der Waals surface area (Å²) in [6, 6.07) is 5.51. The van der Waals surface area contributed by atoms with Gasteiger partial charge in [0, 0.05) is 16.8 Å². The highest BCUT2D eigenvalue weighted by atomic mass is 35.5. The lowest BCUT2D eigenvalue weighted by Gasteiger charge is -2.24. The molecule has 1 aromatic carbocycles. The third-order valence-electron chi connectivity index (χ3n) is 4.56. The van der Waals surface area contributed by atoms with Crippen LogP contribution in [0.5, 0.6) is 0 Å². The van der Waals surface area contributed by atoms with Crippen molar-refractivity contribution in [2.75, 3.05) is 4.90 Å². The molecule has 0 saturated carbocycles. The minimum absolute atomic E-state index is 0.0000926. The molecule has 1 atom stereocenters. The summed E-state index contributed by atoms with van der Waals surface area (Å²) < 4.78 is 0. The number of halogens is 1. The third kappa shape index (κ3) is 1.80. The Morgan fingerprint density at radius 1 is 1.29 bits per heavy atom. The second-order valence-corrected chi connectivity index (χ2v) is 6.17. The van der Waals surface area contributed by atoms with E-state index < -0.39 is 0 Å². The quantitative estimate of drug-likeness (QED) is 0.799. The molecule has 0 fully saturated rings. The van der Waals surface area contributed by atoms with Gasteiger partial charge in [-0.15, -0.1) is 0 Å². The predicted octanol–water partition coefficient (Wildman–Crippen LogP) is 3.95. The molecular formula is C17H15ClN2O. The van der Waals surface area contributed by atoms with Crippen LogP contribution in [0.15, 0.2) is 30.6 Å². The molecule has 0 radical (unpaired) electrons. The zero-order valence-corrected chi connectivity index (χ0v) is 12.5. The Balaban J connectivity index is 1.85. The lowest BCUT2D eigenvalue weighted by atomic mass is 10.1. The predicted molar refractivity (Wildman–Crippen MR) is 82.9 cm³/mol. The van der Waals surface area contributed by atoms with Crippen LogP contribution in [-0.2, 0) is 12.8 Å². The number of benzene rings is 1. The van der Waals surface area contributed by atoms with Crippen molar-refractivity contribution in [2.24, 2.45) is 0 Å². The number of carbonyl (C=O) groups is 1. The second kappa shape index (κ2) is 4.57. The summed E-state index contributed by atoms with van der Waals surface area (Å²) in [6.07, 6.45) is 6.99. The summed E-state index contributed by atoms with van der Waals surface area (Å²) in [4.78, 5) is 19.0. The van der Waals surface area contributed by atoms with E-state index in [9.17, 15) is 4.79 Å². The summed E-state index contributed by atoms with van der Waals surface area (Å²) in [6.45, 7) is 2.05. The molecule has 0 N–H and O–H groups in total. The standard InChI is InChI=1S/C17H15ClN2O/c1-10-15-7-12(18)5-6-14(15)17(21)20(10)16-9-19-8-11-3-2-4-13(11)16/h5-10H,2-4H2,1H3. The number of nitrogens with zero attached hydrogens (tertiary/aromatic N) is 2. The first-order valence-corrected chi connectivity index (χ1v) is 7.63. The van der Waals surface area contributed by atoms with Crippen LogP contribution in [0.2, 0.25) is 5.02 Å². The van der Waals surface area contributed by atoms with Crippen molar-refractivity contribution >= 4 is 23.2 Å². The smallest absolute Gasteiger partial charge is 0.259 e. The number of aromatic nitrogens is 1. The molecule has 1 amide bonds. The van der Waals surface area contributed by atoms with Crippen LogP contribution in [0.25, 0.3) is 0 Å². The minimum Gasteiger partial charge on any atom is -0.299 e. The van der Waals surface area contributed by atoms with Gasteiger partial charge < -0.3 is 0 Å². The number of amides is 1. The Bertz CT molecular complexity index is 756. The van der Waals surface area contributed by atoms with Gasteiger partial charge in [-0.05, 0) is 61.1 Å². The highest BCUT2D eigenvalue weighted by molar-refractivity contribution is 6.31. The molecule has 2 aromatic rings. The molecule has 1 aromatic heterocycles. The maximum Gasteiger partial charge on any atom is 0.259 e. The fraction of sp³-hybridized carbons (Fsp3) is 0.294. The van der Waals surface area contributed by atoms with Crippen molar-refractivity contribution in [1.82, 2.24) is 4.98 Å². The van der Waals surface area contributed by atoms with Gasteiger partial charge in [-0.2, -0.15) is 0 Å².